The zero-order chi connectivity index (χ0) is 32.7. The largest absolute Gasteiger partial charge is 0.430 e. The van der Waals surface area contributed by atoms with E-state index in [9.17, 15) is 105 Å². The van der Waals surface area contributed by atoms with Crippen LogP contribution in [0.2, 0.25) is 0 Å². The van der Waals surface area contributed by atoms with Crippen LogP contribution < -0.4 is 0 Å². The topological polar surface area (TPSA) is 9.23 Å². The Morgan fingerprint density at radius 2 is 0.410 bits per heavy atom. The molecule has 0 heterocycles. The highest BCUT2D eigenvalue weighted by atomic mass is 19.4. The van der Waals surface area contributed by atoms with Gasteiger partial charge in [-0.3, -0.25) is 0 Å². The van der Waals surface area contributed by atoms with Crippen LogP contribution in [0, 0.1) is 0 Å². The molecule has 0 N–H and O–H groups in total. The Morgan fingerprint density at radius 1 is 0.256 bits per heavy atom. The summed E-state index contributed by atoms with van der Waals surface area (Å²) in [4.78, 5) is 0. The van der Waals surface area contributed by atoms with Crippen molar-refractivity contribution < 1.29 is 110 Å². The first-order valence-electron chi connectivity index (χ1n) is 8.44. The number of alkyl halides is 24. The highest BCUT2D eigenvalue weighted by Gasteiger charge is 2.94. The van der Waals surface area contributed by atoms with E-state index in [2.05, 4.69) is 0 Å². The van der Waals surface area contributed by atoms with Crippen molar-refractivity contribution in [3.63, 3.8) is 0 Å². The van der Waals surface area contributed by atoms with Crippen LogP contribution in [0.15, 0.2) is 0 Å². The van der Waals surface area contributed by atoms with Crippen LogP contribution in [0.1, 0.15) is 13.8 Å². The summed E-state index contributed by atoms with van der Waals surface area (Å²) in [5.74, 6) is -81.1. The highest BCUT2D eigenvalue weighted by Crippen LogP contribution is 2.64. The van der Waals surface area contributed by atoms with Gasteiger partial charge in [0.25, 0.3) is 0 Å². The molecule has 0 aliphatic carbocycles. The first-order chi connectivity index (χ1) is 16.2. The molecule has 0 aliphatic heterocycles. The summed E-state index contributed by atoms with van der Waals surface area (Å²) in [5, 5.41) is 0. The SMILES string of the molecule is CC(F)(F)C(F)(F)C(F)(F)C(F)(F)C(F)(F)C(F)(F)OC(F)(F)C(F)(F)C(F)(F)C(F)(F)C(F)(F)C(C)(F)F. The molecule has 0 saturated carbocycles. The summed E-state index contributed by atoms with van der Waals surface area (Å²) in [6.45, 7) is -2.84. The van der Waals surface area contributed by atoms with E-state index in [1.807, 2.05) is 0 Å². The van der Waals surface area contributed by atoms with Crippen molar-refractivity contribution in [3.05, 3.63) is 0 Å². The number of hydrogen-bond donors (Lipinski definition) is 0. The predicted molar refractivity (Wildman–Crippen MR) is 71.8 cm³/mol. The highest BCUT2D eigenvalue weighted by molar-refractivity contribution is 5.12. The minimum Gasteiger partial charge on any atom is -0.245 e. The minimum absolute atomic E-state index is 0.856. The van der Waals surface area contributed by atoms with Gasteiger partial charge in [0.15, 0.2) is 0 Å². The number of rotatable bonds is 12. The molecule has 0 aromatic carbocycles. The molecule has 0 spiro atoms. The van der Waals surface area contributed by atoms with Crippen LogP contribution in [0.25, 0.3) is 0 Å². The summed E-state index contributed by atoms with van der Waals surface area (Å²) in [6.07, 6.45) is -17.3. The standard InChI is InChI=1S/C14H6F24O/c1-3(15,16)5(19,20)7(23,24)9(27,28)11(31,32)13(35,36)39-14(37,38)12(33,34)10(29,30)8(25,26)6(21,22)4(2,17)18/h1-2H3. The third-order valence-corrected chi connectivity index (χ3v) is 4.46. The Labute approximate surface area is 197 Å². The van der Waals surface area contributed by atoms with E-state index in [1.54, 1.807) is 0 Å². The van der Waals surface area contributed by atoms with Gasteiger partial charge < -0.3 is 0 Å². The van der Waals surface area contributed by atoms with E-state index < -0.39 is 85.3 Å². The maximum Gasteiger partial charge on any atom is 0.430 e. The van der Waals surface area contributed by atoms with Gasteiger partial charge in [-0.25, -0.2) is 4.74 Å². The lowest BCUT2D eigenvalue weighted by molar-refractivity contribution is -0.525. The fraction of sp³-hybridized carbons (Fsp3) is 1.00. The molecule has 0 unspecified atom stereocenters. The molecule has 0 atom stereocenters. The van der Waals surface area contributed by atoms with Crippen LogP contribution >= 0.6 is 0 Å². The van der Waals surface area contributed by atoms with Crippen LogP contribution in [0.4, 0.5) is 105 Å². The van der Waals surface area contributed by atoms with Crippen LogP contribution in [-0.4, -0.2) is 71.4 Å². The number of hydrogen-bond acceptors (Lipinski definition) is 1. The number of halogens is 24. The molecule has 0 rings (SSSR count). The average molecular weight is 646 g/mol. The zero-order valence-electron chi connectivity index (χ0n) is 17.5. The summed E-state index contributed by atoms with van der Waals surface area (Å²) < 4.78 is 316. The molecule has 25 heteroatoms. The second-order valence-corrected chi connectivity index (χ2v) is 7.51. The lowest BCUT2D eigenvalue weighted by Gasteiger charge is -2.43. The molecule has 236 valence electrons. The average Bonchev–Trinajstić information content (AvgIpc) is 2.63. The van der Waals surface area contributed by atoms with E-state index in [0.717, 1.165) is 4.74 Å². The lowest BCUT2D eigenvalue weighted by atomic mass is 9.93. The minimum atomic E-state index is -8.87. The summed E-state index contributed by atoms with van der Waals surface area (Å²) >= 11 is 0. The molecule has 0 radical (unpaired) electrons. The van der Waals surface area contributed by atoms with E-state index in [0.29, 0.717) is 0 Å². The van der Waals surface area contributed by atoms with Crippen molar-refractivity contribution in [2.24, 2.45) is 0 Å². The Balaban J connectivity index is 6.90. The van der Waals surface area contributed by atoms with E-state index in [4.69, 9.17) is 0 Å². The Kier molecular flexibility index (Phi) is 8.50. The van der Waals surface area contributed by atoms with Crippen molar-refractivity contribution in [1.82, 2.24) is 0 Å². The van der Waals surface area contributed by atoms with Crippen LogP contribution in [0.3, 0.4) is 0 Å². The molecule has 0 saturated heterocycles. The predicted octanol–water partition coefficient (Wildman–Crippen LogP) is 8.58. The molecular weight excluding hydrogens is 640 g/mol. The van der Waals surface area contributed by atoms with Gasteiger partial charge in [-0.1, -0.05) is 0 Å². The van der Waals surface area contributed by atoms with Crippen LogP contribution in [0.5, 0.6) is 0 Å². The smallest absolute Gasteiger partial charge is 0.245 e. The molecule has 0 aromatic rings. The first-order valence-corrected chi connectivity index (χ1v) is 8.44. The van der Waals surface area contributed by atoms with Gasteiger partial charge in [0.2, 0.25) is 0 Å². The molecule has 39 heavy (non-hydrogen) atoms. The van der Waals surface area contributed by atoms with E-state index in [1.165, 1.54) is 0 Å². The quantitative estimate of drug-likeness (QED) is 0.193. The summed E-state index contributed by atoms with van der Waals surface area (Å²) in [5.41, 5.74) is 0. The van der Waals surface area contributed by atoms with Gasteiger partial charge in [0.05, 0.1) is 0 Å². The Hall–Kier alpha value is -1.72. The first kappa shape index (κ1) is 37.3. The van der Waals surface area contributed by atoms with Crippen molar-refractivity contribution >= 4 is 0 Å². The molecule has 0 fully saturated rings. The third kappa shape index (κ3) is 4.80. The van der Waals surface area contributed by atoms with Gasteiger partial charge in [-0.2, -0.15) is 105 Å². The Bertz CT molecular complexity index is 815. The second kappa shape index (κ2) is 8.89. The van der Waals surface area contributed by atoms with Crippen molar-refractivity contribution in [3.8, 4) is 0 Å². The molecule has 0 bridgehead atoms. The maximum absolute atomic E-state index is 13.4. The fourth-order valence-corrected chi connectivity index (χ4v) is 1.99. The molecule has 0 aromatic heterocycles. The van der Waals surface area contributed by atoms with Gasteiger partial charge in [0, 0.05) is 13.8 Å². The summed E-state index contributed by atoms with van der Waals surface area (Å²) in [7, 11) is 0. The van der Waals surface area contributed by atoms with Crippen molar-refractivity contribution in [2.75, 3.05) is 0 Å². The maximum atomic E-state index is 13.4. The molecule has 0 amide bonds. The molecular formula is C14H6F24O. The lowest BCUT2D eigenvalue weighted by Crippen LogP contribution is -2.73. The normalized spacial score (nSPS) is 17.1. The third-order valence-electron chi connectivity index (χ3n) is 4.46. The Morgan fingerprint density at radius 3 is 0.564 bits per heavy atom. The summed E-state index contributed by atoms with van der Waals surface area (Å²) in [6, 6.07) is 0. The van der Waals surface area contributed by atoms with Crippen LogP contribution in [-0.2, 0) is 4.74 Å². The molecule has 1 nitrogen and oxygen atoms in total. The monoisotopic (exact) mass is 646 g/mol. The van der Waals surface area contributed by atoms with Crippen molar-refractivity contribution in [1.29, 1.82) is 0 Å². The van der Waals surface area contributed by atoms with E-state index >= 15 is 0 Å². The fourth-order valence-electron chi connectivity index (χ4n) is 1.99. The van der Waals surface area contributed by atoms with Gasteiger partial charge in [-0.05, 0) is 0 Å². The second-order valence-electron chi connectivity index (χ2n) is 7.51. The van der Waals surface area contributed by atoms with Gasteiger partial charge >= 0.3 is 71.4 Å². The van der Waals surface area contributed by atoms with Crippen molar-refractivity contribution in [2.45, 2.75) is 85.3 Å². The van der Waals surface area contributed by atoms with E-state index in [-0.39, 0.29) is 0 Å². The molecule has 0 aliphatic rings. The number of ether oxygens (including phenoxy) is 1. The van der Waals surface area contributed by atoms with Gasteiger partial charge in [0.1, 0.15) is 0 Å². The van der Waals surface area contributed by atoms with Gasteiger partial charge in [-0.15, -0.1) is 0 Å². The zero-order valence-corrected chi connectivity index (χ0v) is 17.5.